The summed E-state index contributed by atoms with van der Waals surface area (Å²) in [6.07, 6.45) is 10.3. The number of carbonyl (C=O) groups excluding carboxylic acids is 1. The number of piperidine rings is 1. The molecule has 0 saturated carbocycles. The molecule has 1 aromatic carbocycles. The van der Waals surface area contributed by atoms with E-state index in [0.29, 0.717) is 22.9 Å². The van der Waals surface area contributed by atoms with Gasteiger partial charge in [-0.05, 0) is 55.7 Å². The van der Waals surface area contributed by atoms with Crippen LogP contribution in [0.1, 0.15) is 29.6 Å². The third kappa shape index (κ3) is 3.94. The van der Waals surface area contributed by atoms with E-state index >= 15 is 0 Å². The lowest BCUT2D eigenvalue weighted by Crippen LogP contribution is -2.31. The van der Waals surface area contributed by atoms with Crippen molar-refractivity contribution in [3.63, 3.8) is 0 Å². The van der Waals surface area contributed by atoms with Crippen molar-refractivity contribution in [2.75, 3.05) is 23.3 Å². The summed E-state index contributed by atoms with van der Waals surface area (Å²) in [7, 11) is 0. The van der Waals surface area contributed by atoms with Crippen LogP contribution in [0, 0.1) is 0 Å². The zero-order valence-corrected chi connectivity index (χ0v) is 17.0. The molecule has 1 aliphatic rings. The number of amides is 1. The van der Waals surface area contributed by atoms with Crippen molar-refractivity contribution in [1.29, 1.82) is 0 Å². The first-order chi connectivity index (χ1) is 15.3. The molecule has 1 amide bonds. The maximum atomic E-state index is 13.3. The molecule has 0 aliphatic carbocycles. The second-order valence-electron chi connectivity index (χ2n) is 7.55. The summed E-state index contributed by atoms with van der Waals surface area (Å²) in [5.74, 6) is 0.408. The Bertz CT molecular complexity index is 1220. The van der Waals surface area contributed by atoms with Crippen molar-refractivity contribution in [1.82, 2.24) is 19.9 Å². The van der Waals surface area contributed by atoms with Crippen molar-refractivity contribution in [2.24, 2.45) is 0 Å². The molecular weight excluding hydrogens is 388 g/mol. The normalized spacial score (nSPS) is 13.9. The van der Waals surface area contributed by atoms with E-state index in [1.807, 2.05) is 42.5 Å². The van der Waals surface area contributed by atoms with Crippen LogP contribution < -0.4 is 10.2 Å². The second kappa shape index (κ2) is 8.47. The van der Waals surface area contributed by atoms with Gasteiger partial charge in [0.25, 0.3) is 5.91 Å². The molecule has 0 atom stereocenters. The molecule has 0 spiro atoms. The fraction of sp³-hybridized carbons (Fsp3) is 0.208. The molecule has 4 aromatic rings. The van der Waals surface area contributed by atoms with E-state index in [4.69, 9.17) is 4.98 Å². The van der Waals surface area contributed by atoms with Crippen LogP contribution in [0.3, 0.4) is 0 Å². The fourth-order valence-electron chi connectivity index (χ4n) is 3.92. The predicted octanol–water partition coefficient (Wildman–Crippen LogP) is 4.33. The highest BCUT2D eigenvalue weighted by Gasteiger charge is 2.20. The first-order valence-corrected chi connectivity index (χ1v) is 10.5. The molecule has 1 saturated heterocycles. The Balaban J connectivity index is 1.53. The predicted molar refractivity (Wildman–Crippen MR) is 121 cm³/mol. The van der Waals surface area contributed by atoms with Crippen LogP contribution in [-0.4, -0.2) is 38.9 Å². The summed E-state index contributed by atoms with van der Waals surface area (Å²) in [5, 5.41) is 3.91. The van der Waals surface area contributed by atoms with E-state index in [1.165, 1.54) is 6.42 Å². The molecule has 5 rings (SSSR count). The molecule has 1 N–H and O–H groups in total. The van der Waals surface area contributed by atoms with Crippen molar-refractivity contribution >= 4 is 28.4 Å². The topological polar surface area (TPSA) is 83.9 Å². The Morgan fingerprint density at radius 3 is 2.58 bits per heavy atom. The number of fused-ring (bicyclic) bond motifs is 1. The Morgan fingerprint density at radius 1 is 0.903 bits per heavy atom. The lowest BCUT2D eigenvalue weighted by Gasteiger charge is -2.27. The van der Waals surface area contributed by atoms with Gasteiger partial charge in [-0.2, -0.15) is 0 Å². The van der Waals surface area contributed by atoms with Gasteiger partial charge in [0, 0.05) is 48.8 Å². The van der Waals surface area contributed by atoms with Gasteiger partial charge in [-0.15, -0.1) is 0 Å². The third-order valence-electron chi connectivity index (χ3n) is 5.51. The number of carbonyl (C=O) groups is 1. The number of benzene rings is 1. The summed E-state index contributed by atoms with van der Waals surface area (Å²) in [5.41, 5.74) is 3.39. The van der Waals surface area contributed by atoms with E-state index < -0.39 is 0 Å². The SMILES string of the molecule is O=C(Nc1cccc2ncccc12)c1cnc(N2CCCCC2)nc1-c1ccncc1. The van der Waals surface area contributed by atoms with Crippen LogP contribution in [0.5, 0.6) is 0 Å². The zero-order valence-electron chi connectivity index (χ0n) is 17.0. The molecule has 0 radical (unpaired) electrons. The molecule has 7 nitrogen and oxygen atoms in total. The highest BCUT2D eigenvalue weighted by atomic mass is 16.1. The van der Waals surface area contributed by atoms with Gasteiger partial charge in [0.1, 0.15) is 0 Å². The van der Waals surface area contributed by atoms with Gasteiger partial charge >= 0.3 is 0 Å². The van der Waals surface area contributed by atoms with Gasteiger partial charge in [0.2, 0.25) is 5.95 Å². The first kappa shape index (κ1) is 19.1. The standard InChI is InChI=1S/C24H22N6O/c31-23(28-21-8-4-7-20-18(21)6-5-11-26-20)19-16-27-24(30-14-2-1-3-15-30)29-22(19)17-9-12-25-13-10-17/h4-13,16H,1-3,14-15H2,(H,28,31). The zero-order chi connectivity index (χ0) is 21.0. The molecule has 31 heavy (non-hydrogen) atoms. The number of anilines is 2. The van der Waals surface area contributed by atoms with E-state index in [0.717, 1.165) is 42.4 Å². The molecule has 1 fully saturated rings. The molecular formula is C24H22N6O. The maximum Gasteiger partial charge on any atom is 0.259 e. The fourth-order valence-corrected chi connectivity index (χ4v) is 3.92. The Morgan fingerprint density at radius 2 is 1.74 bits per heavy atom. The second-order valence-corrected chi connectivity index (χ2v) is 7.55. The minimum Gasteiger partial charge on any atom is -0.341 e. The highest BCUT2D eigenvalue weighted by molar-refractivity contribution is 6.11. The van der Waals surface area contributed by atoms with E-state index in [-0.39, 0.29) is 5.91 Å². The summed E-state index contributed by atoms with van der Waals surface area (Å²) in [6, 6.07) is 13.2. The van der Waals surface area contributed by atoms with Gasteiger partial charge in [-0.1, -0.05) is 6.07 Å². The number of pyridine rings is 2. The third-order valence-corrected chi connectivity index (χ3v) is 5.51. The Hall–Kier alpha value is -3.87. The number of hydrogen-bond donors (Lipinski definition) is 1. The van der Waals surface area contributed by atoms with E-state index in [1.54, 1.807) is 24.8 Å². The number of nitrogens with zero attached hydrogens (tertiary/aromatic N) is 5. The Labute approximate surface area is 180 Å². The molecule has 0 bridgehead atoms. The Kier molecular flexibility index (Phi) is 5.22. The van der Waals surface area contributed by atoms with Gasteiger partial charge in [-0.25, -0.2) is 9.97 Å². The van der Waals surface area contributed by atoms with Gasteiger partial charge < -0.3 is 10.2 Å². The average Bonchev–Trinajstić information content (AvgIpc) is 2.85. The van der Waals surface area contributed by atoms with Crippen LogP contribution >= 0.6 is 0 Å². The molecule has 3 aromatic heterocycles. The molecule has 154 valence electrons. The van der Waals surface area contributed by atoms with Crippen molar-refractivity contribution in [3.8, 4) is 11.3 Å². The van der Waals surface area contributed by atoms with Gasteiger partial charge in [-0.3, -0.25) is 14.8 Å². The molecule has 1 aliphatic heterocycles. The number of nitrogens with one attached hydrogen (secondary N) is 1. The average molecular weight is 410 g/mol. The van der Waals surface area contributed by atoms with Crippen LogP contribution in [0.4, 0.5) is 11.6 Å². The minimum absolute atomic E-state index is 0.256. The van der Waals surface area contributed by atoms with Crippen LogP contribution in [0.2, 0.25) is 0 Å². The van der Waals surface area contributed by atoms with Crippen LogP contribution in [0.15, 0.2) is 67.3 Å². The quantitative estimate of drug-likeness (QED) is 0.539. The van der Waals surface area contributed by atoms with Crippen molar-refractivity contribution in [3.05, 3.63) is 72.8 Å². The minimum atomic E-state index is -0.256. The molecule has 4 heterocycles. The van der Waals surface area contributed by atoms with Crippen LogP contribution in [-0.2, 0) is 0 Å². The monoisotopic (exact) mass is 410 g/mol. The number of hydrogen-bond acceptors (Lipinski definition) is 6. The van der Waals surface area contributed by atoms with E-state index in [2.05, 4.69) is 25.2 Å². The van der Waals surface area contributed by atoms with Crippen molar-refractivity contribution < 1.29 is 4.79 Å². The summed E-state index contributed by atoms with van der Waals surface area (Å²) < 4.78 is 0. The first-order valence-electron chi connectivity index (χ1n) is 10.5. The van der Waals surface area contributed by atoms with Crippen molar-refractivity contribution in [2.45, 2.75) is 19.3 Å². The highest BCUT2D eigenvalue weighted by Crippen LogP contribution is 2.27. The molecule has 0 unspecified atom stereocenters. The van der Waals surface area contributed by atoms with Crippen LogP contribution in [0.25, 0.3) is 22.2 Å². The summed E-state index contributed by atoms with van der Waals surface area (Å²) in [4.78, 5) is 33.3. The lowest BCUT2D eigenvalue weighted by molar-refractivity contribution is 0.102. The smallest absolute Gasteiger partial charge is 0.259 e. The maximum absolute atomic E-state index is 13.3. The van der Waals surface area contributed by atoms with Gasteiger partial charge in [0.15, 0.2) is 0 Å². The molecule has 7 heteroatoms. The van der Waals surface area contributed by atoms with Gasteiger partial charge in [0.05, 0.1) is 22.5 Å². The largest absolute Gasteiger partial charge is 0.341 e. The van der Waals surface area contributed by atoms with E-state index in [9.17, 15) is 4.79 Å². The summed E-state index contributed by atoms with van der Waals surface area (Å²) in [6.45, 7) is 1.87. The number of aromatic nitrogens is 4. The summed E-state index contributed by atoms with van der Waals surface area (Å²) >= 11 is 0. The lowest BCUT2D eigenvalue weighted by atomic mass is 10.1. The number of rotatable bonds is 4.